The molecule has 0 aromatic carbocycles. The van der Waals surface area contributed by atoms with E-state index in [0.29, 0.717) is 11.5 Å². The molecule has 0 atom stereocenters. The summed E-state index contributed by atoms with van der Waals surface area (Å²) in [5.74, 6) is 1.41. The van der Waals surface area contributed by atoms with Gasteiger partial charge in [0.1, 0.15) is 23.6 Å². The molecule has 0 saturated carbocycles. The number of pyridine rings is 1. The Morgan fingerprint density at radius 1 is 1.30 bits per heavy atom. The second-order valence-electron chi connectivity index (χ2n) is 4.94. The minimum Gasteiger partial charge on any atom is -0.392 e. The van der Waals surface area contributed by atoms with Gasteiger partial charge in [-0.25, -0.2) is 15.0 Å². The molecule has 118 valence electrons. The van der Waals surface area contributed by atoms with Gasteiger partial charge in [-0.05, 0) is 13.0 Å². The zero-order chi connectivity index (χ0) is 16.2. The lowest BCUT2D eigenvalue weighted by atomic mass is 10.2. The van der Waals surface area contributed by atoms with Crippen LogP contribution in [0.1, 0.15) is 18.1 Å². The molecule has 0 saturated heterocycles. The third kappa shape index (κ3) is 2.86. The van der Waals surface area contributed by atoms with E-state index in [2.05, 4.69) is 37.1 Å². The molecule has 3 heterocycles. The Balaban J connectivity index is 1.99. The molecule has 0 amide bonds. The molecule has 4 N–H and O–H groups in total. The van der Waals surface area contributed by atoms with Gasteiger partial charge >= 0.3 is 0 Å². The lowest BCUT2D eigenvalue weighted by Crippen LogP contribution is -2.03. The van der Waals surface area contributed by atoms with Crippen LogP contribution in [0.15, 0.2) is 31.4 Å². The maximum atomic E-state index is 9.46. The number of H-pyrrole nitrogens is 1. The molecule has 0 radical (unpaired) electrons. The first kappa shape index (κ1) is 15.0. The minimum atomic E-state index is -0.0857. The van der Waals surface area contributed by atoms with E-state index in [4.69, 9.17) is 0 Å². The van der Waals surface area contributed by atoms with Gasteiger partial charge in [0.05, 0.1) is 23.9 Å². The highest BCUT2D eigenvalue weighted by Gasteiger charge is 2.11. The van der Waals surface area contributed by atoms with Gasteiger partial charge in [-0.1, -0.05) is 12.7 Å². The first-order valence-corrected chi connectivity index (χ1v) is 7.32. The Hall–Kier alpha value is -2.93. The van der Waals surface area contributed by atoms with Gasteiger partial charge in [0.15, 0.2) is 0 Å². The second kappa shape index (κ2) is 6.45. The Labute approximate surface area is 133 Å². The number of aliphatic hydroxyl groups is 1. The first-order valence-electron chi connectivity index (χ1n) is 7.32. The van der Waals surface area contributed by atoms with Crippen LogP contribution in [0.3, 0.4) is 0 Å². The molecular weight excluding hydrogens is 292 g/mol. The van der Waals surface area contributed by atoms with E-state index >= 15 is 0 Å². The molecule has 3 aromatic rings. The zero-order valence-electron chi connectivity index (χ0n) is 12.8. The van der Waals surface area contributed by atoms with Crippen molar-refractivity contribution in [1.82, 2.24) is 19.9 Å². The summed E-state index contributed by atoms with van der Waals surface area (Å²) in [5.41, 5.74) is 3.10. The molecule has 0 unspecified atom stereocenters. The van der Waals surface area contributed by atoms with Crippen LogP contribution >= 0.6 is 0 Å². The molecule has 23 heavy (non-hydrogen) atoms. The van der Waals surface area contributed by atoms with Crippen molar-refractivity contribution < 1.29 is 5.11 Å². The van der Waals surface area contributed by atoms with Crippen LogP contribution in [0.5, 0.6) is 0 Å². The molecule has 0 aliphatic rings. The monoisotopic (exact) mass is 310 g/mol. The molecular formula is C16H18N6O. The normalized spacial score (nSPS) is 10.7. The van der Waals surface area contributed by atoms with Crippen molar-refractivity contribution in [2.24, 2.45) is 0 Å². The van der Waals surface area contributed by atoms with Gasteiger partial charge in [0.2, 0.25) is 0 Å². The van der Waals surface area contributed by atoms with Gasteiger partial charge in [-0.15, -0.1) is 0 Å². The lowest BCUT2D eigenvalue weighted by molar-refractivity contribution is 0.283. The van der Waals surface area contributed by atoms with Gasteiger partial charge in [0.25, 0.3) is 0 Å². The Bertz CT molecular complexity index is 842. The van der Waals surface area contributed by atoms with Crippen LogP contribution < -0.4 is 10.6 Å². The Morgan fingerprint density at radius 2 is 2.17 bits per heavy atom. The number of fused-ring (bicyclic) bond motifs is 1. The molecule has 0 fully saturated rings. The second-order valence-corrected chi connectivity index (χ2v) is 4.94. The number of hydrogen-bond acceptors (Lipinski definition) is 6. The van der Waals surface area contributed by atoms with Gasteiger partial charge in [0, 0.05) is 23.9 Å². The molecule has 7 heteroatoms. The van der Waals surface area contributed by atoms with E-state index in [1.54, 1.807) is 18.5 Å². The molecule has 3 rings (SSSR count). The van der Waals surface area contributed by atoms with Crippen LogP contribution in [0.25, 0.3) is 17.1 Å². The number of nitrogens with zero attached hydrogens (tertiary/aromatic N) is 3. The number of hydrogen-bond donors (Lipinski definition) is 4. The fraction of sp³-hybridized carbons (Fsp3) is 0.188. The van der Waals surface area contributed by atoms with Gasteiger partial charge in [-0.3, -0.25) is 0 Å². The summed E-state index contributed by atoms with van der Waals surface area (Å²) in [6, 6.07) is 1.94. The van der Waals surface area contributed by atoms with Crippen molar-refractivity contribution in [2.45, 2.75) is 13.5 Å². The topological polar surface area (TPSA) is 98.8 Å². The predicted octanol–water partition coefficient (Wildman–Crippen LogP) is 2.66. The van der Waals surface area contributed by atoms with Crippen LogP contribution in [-0.4, -0.2) is 31.6 Å². The first-order chi connectivity index (χ1) is 11.3. The predicted molar refractivity (Wildman–Crippen MR) is 91.6 cm³/mol. The number of aliphatic hydroxyl groups excluding tert-OH is 1. The third-order valence-corrected chi connectivity index (χ3v) is 3.47. The fourth-order valence-corrected chi connectivity index (χ4v) is 2.40. The summed E-state index contributed by atoms with van der Waals surface area (Å²) >= 11 is 0. The number of aromatic nitrogens is 4. The fourth-order valence-electron chi connectivity index (χ4n) is 2.40. The number of anilines is 3. The Kier molecular flexibility index (Phi) is 4.20. The summed E-state index contributed by atoms with van der Waals surface area (Å²) in [6.45, 7) is 6.54. The molecule has 0 aliphatic carbocycles. The van der Waals surface area contributed by atoms with Crippen LogP contribution in [-0.2, 0) is 6.61 Å². The SMILES string of the molecule is C=Cc1cc(Nc2ncnc3[nH]cc(CO)c23)cnc1NCC. The molecule has 0 aliphatic heterocycles. The summed E-state index contributed by atoms with van der Waals surface area (Å²) in [6.07, 6.45) is 6.68. The third-order valence-electron chi connectivity index (χ3n) is 3.47. The molecule has 3 aromatic heterocycles. The van der Waals surface area contributed by atoms with E-state index in [-0.39, 0.29) is 6.61 Å². The number of nitrogens with one attached hydrogen (secondary N) is 3. The highest BCUT2D eigenvalue weighted by molar-refractivity contribution is 5.92. The van der Waals surface area contributed by atoms with E-state index in [9.17, 15) is 5.11 Å². The number of aromatic amines is 1. The van der Waals surface area contributed by atoms with Crippen molar-refractivity contribution in [3.05, 3.63) is 42.5 Å². The molecule has 7 nitrogen and oxygen atoms in total. The van der Waals surface area contributed by atoms with E-state index < -0.39 is 0 Å². The van der Waals surface area contributed by atoms with Crippen molar-refractivity contribution in [2.75, 3.05) is 17.2 Å². The minimum absolute atomic E-state index is 0.0857. The summed E-state index contributed by atoms with van der Waals surface area (Å²) in [5, 5.41) is 16.6. The van der Waals surface area contributed by atoms with Crippen LogP contribution in [0.2, 0.25) is 0 Å². The smallest absolute Gasteiger partial charge is 0.143 e. The average molecular weight is 310 g/mol. The van der Waals surface area contributed by atoms with Crippen LogP contribution in [0, 0.1) is 0 Å². The van der Waals surface area contributed by atoms with Crippen molar-refractivity contribution in [3.8, 4) is 0 Å². The standard InChI is InChI=1S/C16H18N6O/c1-3-10-5-12(7-19-14(10)17-4-2)22-16-13-11(8-23)6-18-15(13)20-9-21-16/h3,5-7,9,23H,1,4,8H2,2H3,(H,17,19)(H2,18,20,21,22). The molecule has 0 spiro atoms. The maximum Gasteiger partial charge on any atom is 0.143 e. The highest BCUT2D eigenvalue weighted by atomic mass is 16.3. The largest absolute Gasteiger partial charge is 0.392 e. The van der Waals surface area contributed by atoms with Crippen molar-refractivity contribution >= 4 is 34.4 Å². The van der Waals surface area contributed by atoms with E-state index in [1.807, 2.05) is 13.0 Å². The maximum absolute atomic E-state index is 9.46. The highest BCUT2D eigenvalue weighted by Crippen LogP contribution is 2.27. The summed E-state index contributed by atoms with van der Waals surface area (Å²) in [4.78, 5) is 15.9. The van der Waals surface area contributed by atoms with Gasteiger partial charge in [-0.2, -0.15) is 0 Å². The van der Waals surface area contributed by atoms with Crippen molar-refractivity contribution in [3.63, 3.8) is 0 Å². The Morgan fingerprint density at radius 3 is 2.91 bits per heavy atom. The van der Waals surface area contributed by atoms with Crippen LogP contribution in [0.4, 0.5) is 17.3 Å². The lowest BCUT2D eigenvalue weighted by Gasteiger charge is -2.11. The van der Waals surface area contributed by atoms with Crippen molar-refractivity contribution in [1.29, 1.82) is 0 Å². The van der Waals surface area contributed by atoms with Gasteiger partial charge < -0.3 is 20.7 Å². The average Bonchev–Trinajstić information content (AvgIpc) is 3.00. The van der Waals surface area contributed by atoms with E-state index in [0.717, 1.165) is 34.6 Å². The quantitative estimate of drug-likeness (QED) is 0.559. The molecule has 0 bridgehead atoms. The summed E-state index contributed by atoms with van der Waals surface area (Å²) < 4.78 is 0. The number of rotatable bonds is 6. The van der Waals surface area contributed by atoms with E-state index in [1.165, 1.54) is 6.33 Å². The zero-order valence-corrected chi connectivity index (χ0v) is 12.8. The summed E-state index contributed by atoms with van der Waals surface area (Å²) in [7, 11) is 0.